The van der Waals surface area contributed by atoms with Gasteiger partial charge in [0.15, 0.2) is 0 Å². The molecule has 0 bridgehead atoms. The normalized spacial score (nSPS) is 24.4. The maximum atomic E-state index is 8.98. The summed E-state index contributed by atoms with van der Waals surface area (Å²) in [5.41, 5.74) is 1.19. The Morgan fingerprint density at radius 3 is 3.11 bits per heavy atom. The molecule has 0 amide bonds. The van der Waals surface area contributed by atoms with Crippen molar-refractivity contribution in [2.24, 2.45) is 0 Å². The minimum atomic E-state index is 0.259. The number of nitrogens with one attached hydrogen (secondary N) is 1. The van der Waals surface area contributed by atoms with E-state index in [1.807, 2.05) is 12.1 Å². The highest BCUT2D eigenvalue weighted by Crippen LogP contribution is 2.24. The Morgan fingerprint density at radius 1 is 1.56 bits per heavy atom. The highest BCUT2D eigenvalue weighted by molar-refractivity contribution is 9.10. The van der Waals surface area contributed by atoms with Crippen LogP contribution < -0.4 is 10.2 Å². The third-order valence-corrected chi connectivity index (χ3v) is 3.91. The van der Waals surface area contributed by atoms with E-state index in [4.69, 9.17) is 5.26 Å². The van der Waals surface area contributed by atoms with Crippen LogP contribution in [0.5, 0.6) is 0 Å². The van der Waals surface area contributed by atoms with Gasteiger partial charge in [-0.15, -0.1) is 0 Å². The summed E-state index contributed by atoms with van der Waals surface area (Å²) in [5, 5.41) is 12.5. The van der Waals surface area contributed by atoms with E-state index in [9.17, 15) is 0 Å². The molecule has 18 heavy (non-hydrogen) atoms. The van der Waals surface area contributed by atoms with Crippen molar-refractivity contribution in [1.82, 2.24) is 5.32 Å². The molecule has 1 aromatic rings. The van der Waals surface area contributed by atoms with Gasteiger partial charge in [0.25, 0.3) is 0 Å². The van der Waals surface area contributed by atoms with Crippen molar-refractivity contribution in [1.29, 1.82) is 5.26 Å². The van der Waals surface area contributed by atoms with Crippen LogP contribution in [0.25, 0.3) is 0 Å². The van der Waals surface area contributed by atoms with Gasteiger partial charge in [0.05, 0.1) is 18.5 Å². The predicted molar refractivity (Wildman–Crippen MR) is 77.6 cm³/mol. The van der Waals surface area contributed by atoms with E-state index in [2.05, 4.69) is 51.3 Å². The molecule has 4 heteroatoms. The average molecular weight is 308 g/mol. The first kappa shape index (κ1) is 13.4. The summed E-state index contributed by atoms with van der Waals surface area (Å²) in [4.78, 5) is 2.35. The second kappa shape index (κ2) is 6.21. The van der Waals surface area contributed by atoms with Crippen molar-refractivity contribution in [3.63, 3.8) is 0 Å². The highest BCUT2D eigenvalue weighted by atomic mass is 79.9. The molecular formula is C14H18BrN3. The molecule has 1 N–H and O–H groups in total. The lowest BCUT2D eigenvalue weighted by molar-refractivity contribution is 0.538. The monoisotopic (exact) mass is 307 g/mol. The van der Waals surface area contributed by atoms with Crippen LogP contribution in [0.4, 0.5) is 5.69 Å². The fraction of sp³-hybridized carbons (Fsp3) is 0.500. The average Bonchev–Trinajstić information content (AvgIpc) is 2.53. The van der Waals surface area contributed by atoms with Crippen molar-refractivity contribution in [3.05, 3.63) is 28.7 Å². The molecule has 0 aromatic heterocycles. The van der Waals surface area contributed by atoms with Crippen LogP contribution in [0.1, 0.15) is 19.8 Å². The second-order valence-corrected chi connectivity index (χ2v) is 5.70. The summed E-state index contributed by atoms with van der Waals surface area (Å²) in [6.45, 7) is 4.08. The molecular weight excluding hydrogens is 290 g/mol. The van der Waals surface area contributed by atoms with Crippen molar-refractivity contribution >= 4 is 21.6 Å². The molecule has 3 nitrogen and oxygen atoms in total. The van der Waals surface area contributed by atoms with Crippen LogP contribution in [-0.2, 0) is 0 Å². The summed E-state index contributed by atoms with van der Waals surface area (Å²) >= 11 is 3.51. The number of anilines is 1. The number of rotatable bonds is 2. The Hall–Kier alpha value is -1.05. The number of hydrogen-bond acceptors (Lipinski definition) is 3. The van der Waals surface area contributed by atoms with Crippen molar-refractivity contribution in [3.8, 4) is 6.07 Å². The fourth-order valence-electron chi connectivity index (χ4n) is 2.35. The third kappa shape index (κ3) is 3.24. The fourth-order valence-corrected chi connectivity index (χ4v) is 2.73. The molecule has 0 spiro atoms. The standard InChI is InChI=1S/C14H18BrN3/c1-11-6-8-18(14(5-7-16)10-17-11)13-4-2-3-12(15)9-13/h2-4,9,11,14,17H,5-6,8,10H2,1H3. The van der Waals surface area contributed by atoms with Crippen LogP contribution in [-0.4, -0.2) is 25.2 Å². The smallest absolute Gasteiger partial charge is 0.0643 e. The summed E-state index contributed by atoms with van der Waals surface area (Å²) in [7, 11) is 0. The van der Waals surface area contributed by atoms with Gasteiger partial charge < -0.3 is 10.2 Å². The lowest BCUT2D eigenvalue weighted by Gasteiger charge is -2.30. The first-order chi connectivity index (χ1) is 8.70. The molecule has 1 aromatic carbocycles. The molecule has 0 radical (unpaired) electrons. The molecule has 2 unspecified atom stereocenters. The predicted octanol–water partition coefficient (Wildman–Crippen LogP) is 2.92. The van der Waals surface area contributed by atoms with E-state index in [0.717, 1.165) is 24.0 Å². The Kier molecular flexibility index (Phi) is 4.62. The van der Waals surface area contributed by atoms with Gasteiger partial charge in [0, 0.05) is 29.3 Å². The van der Waals surface area contributed by atoms with E-state index in [-0.39, 0.29) is 6.04 Å². The van der Waals surface area contributed by atoms with Crippen LogP contribution >= 0.6 is 15.9 Å². The number of nitrogens with zero attached hydrogens (tertiary/aromatic N) is 2. The Bertz CT molecular complexity index is 441. The summed E-state index contributed by atoms with van der Waals surface area (Å²) in [5.74, 6) is 0. The molecule has 1 aliphatic heterocycles. The quantitative estimate of drug-likeness (QED) is 0.913. The summed E-state index contributed by atoms with van der Waals surface area (Å²) < 4.78 is 1.08. The molecule has 1 aliphatic rings. The Balaban J connectivity index is 2.23. The maximum Gasteiger partial charge on any atom is 0.0643 e. The zero-order chi connectivity index (χ0) is 13.0. The van der Waals surface area contributed by atoms with E-state index >= 15 is 0 Å². The summed E-state index contributed by atoms with van der Waals surface area (Å²) in [6, 6.07) is 11.4. The molecule has 96 valence electrons. The van der Waals surface area contributed by atoms with Gasteiger partial charge >= 0.3 is 0 Å². The maximum absolute atomic E-state index is 8.98. The molecule has 1 heterocycles. The molecule has 1 saturated heterocycles. The van der Waals surface area contributed by atoms with Crippen molar-refractivity contribution < 1.29 is 0 Å². The largest absolute Gasteiger partial charge is 0.366 e. The van der Waals surface area contributed by atoms with E-state index in [1.54, 1.807) is 0 Å². The highest BCUT2D eigenvalue weighted by Gasteiger charge is 2.23. The molecule has 0 aliphatic carbocycles. The van der Waals surface area contributed by atoms with Crippen LogP contribution in [0.15, 0.2) is 28.7 Å². The topological polar surface area (TPSA) is 39.1 Å². The van der Waals surface area contributed by atoms with E-state index in [0.29, 0.717) is 12.5 Å². The van der Waals surface area contributed by atoms with Gasteiger partial charge in [-0.1, -0.05) is 22.0 Å². The number of benzene rings is 1. The van der Waals surface area contributed by atoms with Gasteiger partial charge in [0.1, 0.15) is 0 Å². The van der Waals surface area contributed by atoms with Crippen LogP contribution in [0, 0.1) is 11.3 Å². The van der Waals surface area contributed by atoms with E-state index in [1.165, 1.54) is 5.69 Å². The number of nitriles is 1. The first-order valence-electron chi connectivity index (χ1n) is 6.33. The third-order valence-electron chi connectivity index (χ3n) is 3.41. The SMILES string of the molecule is CC1CCN(c2cccc(Br)c2)C(CC#N)CN1. The number of halogens is 1. The molecule has 2 rings (SSSR count). The van der Waals surface area contributed by atoms with Gasteiger partial charge in [-0.05, 0) is 31.5 Å². The number of hydrogen-bond donors (Lipinski definition) is 1. The lowest BCUT2D eigenvalue weighted by atomic mass is 10.1. The van der Waals surface area contributed by atoms with Gasteiger partial charge in [-0.25, -0.2) is 0 Å². The second-order valence-electron chi connectivity index (χ2n) is 4.79. The van der Waals surface area contributed by atoms with Crippen LogP contribution in [0.3, 0.4) is 0 Å². The van der Waals surface area contributed by atoms with Gasteiger partial charge in [-0.2, -0.15) is 5.26 Å². The van der Waals surface area contributed by atoms with Crippen LogP contribution in [0.2, 0.25) is 0 Å². The van der Waals surface area contributed by atoms with Crippen molar-refractivity contribution in [2.75, 3.05) is 18.0 Å². The molecule has 2 atom stereocenters. The zero-order valence-corrected chi connectivity index (χ0v) is 12.2. The van der Waals surface area contributed by atoms with E-state index < -0.39 is 0 Å². The van der Waals surface area contributed by atoms with Crippen molar-refractivity contribution in [2.45, 2.75) is 31.8 Å². The minimum Gasteiger partial charge on any atom is -0.366 e. The zero-order valence-electron chi connectivity index (χ0n) is 10.6. The van der Waals surface area contributed by atoms with Gasteiger partial charge in [0.2, 0.25) is 0 Å². The summed E-state index contributed by atoms with van der Waals surface area (Å²) in [6.07, 6.45) is 1.67. The molecule has 1 fully saturated rings. The first-order valence-corrected chi connectivity index (χ1v) is 7.12. The Morgan fingerprint density at radius 2 is 2.39 bits per heavy atom. The lowest BCUT2D eigenvalue weighted by Crippen LogP contribution is -2.40. The minimum absolute atomic E-state index is 0.259. The molecule has 0 saturated carbocycles. The Labute approximate surface area is 117 Å². The van der Waals surface area contributed by atoms with Gasteiger partial charge in [-0.3, -0.25) is 0 Å².